The maximum absolute atomic E-state index is 14.0. The molecule has 2 amide bonds. The molecule has 0 aliphatic rings. The van der Waals surface area contributed by atoms with E-state index in [1.54, 1.807) is 18.1 Å². The van der Waals surface area contributed by atoms with E-state index in [0.29, 0.717) is 24.3 Å². The molecule has 2 atom stereocenters. The molecular weight excluding hydrogens is 562 g/mol. The molecule has 0 bridgehead atoms. The number of rotatable bonds is 15. The Balaban J connectivity index is 1.93. The average Bonchev–Trinajstić information content (AvgIpc) is 2.98. The minimum atomic E-state index is -3.59. The molecule has 0 radical (unpaired) electrons. The smallest absolute Gasteiger partial charge is 0.243 e. The Morgan fingerprint density at radius 2 is 1.63 bits per heavy atom. The zero-order chi connectivity index (χ0) is 31.6. The molecule has 3 aromatic carbocycles. The van der Waals surface area contributed by atoms with Gasteiger partial charge >= 0.3 is 0 Å². The molecule has 0 heterocycles. The molecule has 0 unspecified atom stereocenters. The van der Waals surface area contributed by atoms with Gasteiger partial charge in [0, 0.05) is 32.0 Å². The number of sulfonamides is 1. The largest absolute Gasteiger partial charge is 0.497 e. The van der Waals surface area contributed by atoms with Gasteiger partial charge in [-0.25, -0.2) is 8.42 Å². The third kappa shape index (κ3) is 9.58. The first-order valence-corrected chi connectivity index (χ1v) is 16.6. The number of hydrogen-bond donors (Lipinski definition) is 1. The summed E-state index contributed by atoms with van der Waals surface area (Å²) < 4.78 is 32.4. The Morgan fingerprint density at radius 3 is 2.28 bits per heavy atom. The van der Waals surface area contributed by atoms with Gasteiger partial charge in [0.15, 0.2) is 0 Å². The van der Waals surface area contributed by atoms with Crippen molar-refractivity contribution in [3.63, 3.8) is 0 Å². The number of nitrogens with zero attached hydrogens (tertiary/aromatic N) is 2. The quantitative estimate of drug-likeness (QED) is 0.249. The molecule has 0 spiro atoms. The van der Waals surface area contributed by atoms with Crippen LogP contribution in [0.15, 0.2) is 72.8 Å². The number of carbonyl (C=O) groups excluding carboxylic acids is 2. The van der Waals surface area contributed by atoms with Crippen LogP contribution in [0.3, 0.4) is 0 Å². The van der Waals surface area contributed by atoms with Crippen molar-refractivity contribution in [2.45, 2.75) is 72.0 Å². The van der Waals surface area contributed by atoms with E-state index in [1.165, 1.54) is 10.6 Å². The molecule has 8 nitrogen and oxygen atoms in total. The fourth-order valence-corrected chi connectivity index (χ4v) is 5.97. The molecular formula is C34H45N3O5S. The highest BCUT2D eigenvalue weighted by molar-refractivity contribution is 7.92. The van der Waals surface area contributed by atoms with Crippen molar-refractivity contribution in [3.8, 4) is 5.75 Å². The van der Waals surface area contributed by atoms with Crippen LogP contribution in [0.5, 0.6) is 5.75 Å². The molecule has 0 aromatic heterocycles. The Kier molecular flexibility index (Phi) is 12.2. The summed E-state index contributed by atoms with van der Waals surface area (Å²) in [6, 6.07) is 21.8. The molecule has 3 rings (SSSR count). The van der Waals surface area contributed by atoms with E-state index in [4.69, 9.17) is 4.74 Å². The number of benzene rings is 3. The second-order valence-electron chi connectivity index (χ2n) is 11.1. The fraction of sp³-hybridized carbons (Fsp3) is 0.412. The number of nitrogens with one attached hydrogen (secondary N) is 1. The predicted octanol–water partition coefficient (Wildman–Crippen LogP) is 5.41. The van der Waals surface area contributed by atoms with Gasteiger partial charge in [-0.2, -0.15) is 0 Å². The summed E-state index contributed by atoms with van der Waals surface area (Å²) in [4.78, 5) is 29.4. The monoisotopic (exact) mass is 607 g/mol. The van der Waals surface area contributed by atoms with Crippen molar-refractivity contribution in [1.82, 2.24) is 10.2 Å². The third-order valence-corrected chi connectivity index (χ3v) is 8.94. The number of anilines is 1. The molecule has 0 aliphatic heterocycles. The lowest BCUT2D eigenvalue weighted by Gasteiger charge is -2.33. The van der Waals surface area contributed by atoms with E-state index in [0.717, 1.165) is 28.7 Å². The fourth-order valence-electron chi connectivity index (χ4n) is 4.95. The van der Waals surface area contributed by atoms with Gasteiger partial charge in [0.05, 0.1) is 19.1 Å². The van der Waals surface area contributed by atoms with Crippen LogP contribution < -0.4 is 14.4 Å². The summed E-state index contributed by atoms with van der Waals surface area (Å²) in [7, 11) is -2.00. The van der Waals surface area contributed by atoms with Crippen molar-refractivity contribution < 1.29 is 22.7 Å². The molecule has 0 aliphatic carbocycles. The third-order valence-electron chi connectivity index (χ3n) is 7.76. The Hall–Kier alpha value is -3.85. The zero-order valence-electron chi connectivity index (χ0n) is 26.2. The van der Waals surface area contributed by atoms with Gasteiger partial charge in [-0.15, -0.1) is 0 Å². The van der Waals surface area contributed by atoms with Crippen LogP contribution in [0.1, 0.15) is 55.4 Å². The molecule has 3 aromatic rings. The van der Waals surface area contributed by atoms with E-state index in [-0.39, 0.29) is 37.4 Å². The van der Waals surface area contributed by atoms with E-state index < -0.39 is 16.1 Å². The lowest BCUT2D eigenvalue weighted by Crippen LogP contribution is -2.52. The highest BCUT2D eigenvalue weighted by Crippen LogP contribution is 2.26. The van der Waals surface area contributed by atoms with Crippen molar-refractivity contribution in [2.75, 3.05) is 24.2 Å². The minimum absolute atomic E-state index is 0.0552. The van der Waals surface area contributed by atoms with Gasteiger partial charge in [0.2, 0.25) is 21.8 Å². The summed E-state index contributed by atoms with van der Waals surface area (Å²) >= 11 is 0. The highest BCUT2D eigenvalue weighted by Gasteiger charge is 2.31. The number of carbonyl (C=O) groups is 2. The number of amides is 2. The first kappa shape index (κ1) is 33.6. The van der Waals surface area contributed by atoms with E-state index in [9.17, 15) is 18.0 Å². The first-order valence-electron chi connectivity index (χ1n) is 14.7. The van der Waals surface area contributed by atoms with Crippen LogP contribution in [-0.2, 0) is 32.6 Å². The lowest BCUT2D eigenvalue weighted by molar-refractivity contribution is -0.141. The predicted molar refractivity (Wildman–Crippen MR) is 173 cm³/mol. The van der Waals surface area contributed by atoms with Gasteiger partial charge in [-0.05, 0) is 74.1 Å². The van der Waals surface area contributed by atoms with Crippen LogP contribution in [0.4, 0.5) is 5.69 Å². The van der Waals surface area contributed by atoms with Crippen LogP contribution in [0.25, 0.3) is 0 Å². The van der Waals surface area contributed by atoms with Crippen molar-refractivity contribution >= 4 is 27.5 Å². The molecule has 0 fully saturated rings. The number of methoxy groups -OCH3 is 1. The molecule has 9 heteroatoms. The molecule has 1 N–H and O–H groups in total. The number of ether oxygens (including phenoxy) is 1. The van der Waals surface area contributed by atoms with Gasteiger partial charge < -0.3 is 15.0 Å². The Bertz CT molecular complexity index is 1480. The zero-order valence-corrected chi connectivity index (χ0v) is 27.0. The average molecular weight is 608 g/mol. The maximum Gasteiger partial charge on any atom is 0.243 e. The van der Waals surface area contributed by atoms with Crippen LogP contribution in [-0.4, -0.2) is 57.1 Å². The SMILES string of the molecule is CC[C@H](C)NC(=O)[C@H](Cc1ccccc1)N(Cc1cccc(OC)c1)C(=O)CCCN(c1cccc(C)c1C)S(C)(=O)=O. The van der Waals surface area contributed by atoms with Crippen molar-refractivity contribution in [3.05, 3.63) is 95.1 Å². The standard InChI is InChI=1S/C34H45N3O5S/c1-7-26(3)35-34(39)32(23-28-15-9-8-10-16-28)36(24-29-17-12-18-30(22-29)42-5)33(38)20-13-21-37(43(6,40)41)31-19-11-14-25(2)27(31)4/h8-12,14-19,22,26,32H,7,13,20-21,23-24H2,1-6H3,(H,35,39)/t26-,32-/m0/s1. The summed E-state index contributed by atoms with van der Waals surface area (Å²) in [6.07, 6.45) is 2.65. The molecule has 232 valence electrons. The van der Waals surface area contributed by atoms with Crippen LogP contribution in [0, 0.1) is 13.8 Å². The van der Waals surface area contributed by atoms with Crippen molar-refractivity contribution in [2.24, 2.45) is 0 Å². The van der Waals surface area contributed by atoms with Gasteiger partial charge in [-0.3, -0.25) is 13.9 Å². The normalized spacial score (nSPS) is 12.7. The lowest BCUT2D eigenvalue weighted by atomic mass is 10.0. The van der Waals surface area contributed by atoms with Crippen LogP contribution in [0.2, 0.25) is 0 Å². The van der Waals surface area contributed by atoms with E-state index >= 15 is 0 Å². The summed E-state index contributed by atoms with van der Waals surface area (Å²) in [5.74, 6) is 0.214. The maximum atomic E-state index is 14.0. The van der Waals surface area contributed by atoms with Gasteiger partial charge in [0.1, 0.15) is 11.8 Å². The summed E-state index contributed by atoms with van der Waals surface area (Å²) in [5.41, 5.74) is 4.24. The summed E-state index contributed by atoms with van der Waals surface area (Å²) in [6.45, 7) is 8.13. The number of hydrogen-bond acceptors (Lipinski definition) is 5. The topological polar surface area (TPSA) is 96.0 Å². The number of aryl methyl sites for hydroxylation is 1. The second-order valence-corrected chi connectivity index (χ2v) is 13.0. The molecule has 0 saturated heterocycles. The van der Waals surface area contributed by atoms with E-state index in [1.807, 2.05) is 94.4 Å². The minimum Gasteiger partial charge on any atom is -0.497 e. The van der Waals surface area contributed by atoms with Crippen molar-refractivity contribution in [1.29, 1.82) is 0 Å². The second kappa shape index (κ2) is 15.6. The van der Waals surface area contributed by atoms with Gasteiger partial charge in [-0.1, -0.05) is 61.5 Å². The highest BCUT2D eigenvalue weighted by atomic mass is 32.2. The van der Waals surface area contributed by atoms with E-state index in [2.05, 4.69) is 5.32 Å². The summed E-state index contributed by atoms with van der Waals surface area (Å²) in [5, 5.41) is 3.08. The van der Waals surface area contributed by atoms with Crippen LogP contribution >= 0.6 is 0 Å². The Labute approximate surface area is 257 Å². The van der Waals surface area contributed by atoms with Gasteiger partial charge in [0.25, 0.3) is 0 Å². The molecule has 0 saturated carbocycles. The Morgan fingerprint density at radius 1 is 0.953 bits per heavy atom. The first-order chi connectivity index (χ1) is 20.4. The molecule has 43 heavy (non-hydrogen) atoms.